The summed E-state index contributed by atoms with van der Waals surface area (Å²) < 4.78 is 1.77. The Labute approximate surface area is 132 Å². The van der Waals surface area contributed by atoms with E-state index in [4.69, 9.17) is 0 Å². The maximum absolute atomic E-state index is 12.5. The molecule has 2 aliphatic rings. The fourth-order valence-electron chi connectivity index (χ4n) is 3.50. The molecule has 2 saturated heterocycles. The highest BCUT2D eigenvalue weighted by molar-refractivity contribution is 5.95. The number of hydrogen-bond acceptors (Lipinski definition) is 3. The first-order valence-electron chi connectivity index (χ1n) is 7.68. The first-order valence-corrected chi connectivity index (χ1v) is 7.68. The van der Waals surface area contributed by atoms with Gasteiger partial charge in [0.2, 0.25) is 0 Å². The van der Waals surface area contributed by atoms with Crippen molar-refractivity contribution in [1.29, 1.82) is 0 Å². The Bertz CT molecular complexity index is 488. The fraction of sp³-hybridized carbons (Fsp3) is 0.733. The van der Waals surface area contributed by atoms with Gasteiger partial charge in [-0.05, 0) is 45.1 Å². The summed E-state index contributed by atoms with van der Waals surface area (Å²) in [6, 6.07) is 0.687. The predicted octanol–water partition coefficient (Wildman–Crippen LogP) is 1.75. The summed E-state index contributed by atoms with van der Waals surface area (Å²) >= 11 is 0. The van der Waals surface area contributed by atoms with Crippen LogP contribution in [0.2, 0.25) is 0 Å². The van der Waals surface area contributed by atoms with Gasteiger partial charge in [-0.3, -0.25) is 9.48 Å². The molecule has 118 valence electrons. The number of amides is 1. The van der Waals surface area contributed by atoms with Gasteiger partial charge in [0, 0.05) is 31.9 Å². The lowest BCUT2D eigenvalue weighted by atomic mass is 9.88. The molecule has 3 rings (SSSR count). The van der Waals surface area contributed by atoms with E-state index in [1.54, 1.807) is 10.9 Å². The molecule has 0 bridgehead atoms. The van der Waals surface area contributed by atoms with Crippen LogP contribution in [-0.4, -0.2) is 46.3 Å². The van der Waals surface area contributed by atoms with Crippen molar-refractivity contribution in [1.82, 2.24) is 20.0 Å². The van der Waals surface area contributed by atoms with Crippen molar-refractivity contribution in [2.24, 2.45) is 13.0 Å². The molecule has 2 fully saturated rings. The van der Waals surface area contributed by atoms with Crippen molar-refractivity contribution in [2.75, 3.05) is 19.6 Å². The lowest BCUT2D eigenvalue weighted by Crippen LogP contribution is -2.43. The lowest BCUT2D eigenvalue weighted by Gasteiger charge is -2.34. The summed E-state index contributed by atoms with van der Waals surface area (Å²) in [7, 11) is 1.88. The zero-order chi connectivity index (χ0) is 14.1. The molecule has 1 aromatic rings. The number of aryl methyl sites for hydroxylation is 1. The molecule has 0 radical (unpaired) electrons. The average molecular weight is 313 g/mol. The molecular weight excluding hydrogens is 288 g/mol. The number of nitrogens with one attached hydrogen (secondary N) is 1. The van der Waals surface area contributed by atoms with Gasteiger partial charge in [-0.1, -0.05) is 0 Å². The Balaban J connectivity index is 0.00000161. The second-order valence-corrected chi connectivity index (χ2v) is 6.10. The number of aromatic nitrogens is 2. The van der Waals surface area contributed by atoms with Crippen LogP contribution in [0.1, 0.15) is 41.7 Å². The SMILES string of the molecule is Cc1c(C(=O)N2CCC(C3CCCN3)CC2)cnn1C.Cl. The van der Waals surface area contributed by atoms with Crippen LogP contribution < -0.4 is 5.32 Å². The smallest absolute Gasteiger partial charge is 0.257 e. The van der Waals surface area contributed by atoms with Crippen molar-refractivity contribution < 1.29 is 4.79 Å². The lowest BCUT2D eigenvalue weighted by molar-refractivity contribution is 0.0673. The number of piperidine rings is 1. The Morgan fingerprint density at radius 3 is 2.57 bits per heavy atom. The minimum Gasteiger partial charge on any atom is -0.339 e. The molecule has 1 N–H and O–H groups in total. The Hall–Kier alpha value is -1.07. The summed E-state index contributed by atoms with van der Waals surface area (Å²) in [6.45, 7) is 4.89. The molecule has 2 aliphatic heterocycles. The first-order chi connectivity index (χ1) is 9.66. The second kappa shape index (κ2) is 6.79. The highest BCUT2D eigenvalue weighted by atomic mass is 35.5. The van der Waals surface area contributed by atoms with Gasteiger partial charge in [-0.2, -0.15) is 5.10 Å². The van der Waals surface area contributed by atoms with E-state index < -0.39 is 0 Å². The Kier molecular flexibility index (Phi) is 5.27. The highest BCUT2D eigenvalue weighted by Gasteiger charge is 2.30. The number of carbonyl (C=O) groups is 1. The van der Waals surface area contributed by atoms with E-state index in [-0.39, 0.29) is 18.3 Å². The summed E-state index contributed by atoms with van der Waals surface area (Å²) in [5.74, 6) is 0.893. The normalized spacial score (nSPS) is 23.1. The molecule has 1 unspecified atom stereocenters. The van der Waals surface area contributed by atoms with Gasteiger partial charge in [0.25, 0.3) is 5.91 Å². The van der Waals surface area contributed by atoms with Gasteiger partial charge in [-0.15, -0.1) is 12.4 Å². The third-order valence-electron chi connectivity index (χ3n) is 4.96. The molecule has 5 nitrogen and oxygen atoms in total. The van der Waals surface area contributed by atoms with Crippen LogP contribution in [0.3, 0.4) is 0 Å². The van der Waals surface area contributed by atoms with E-state index in [0.29, 0.717) is 6.04 Å². The molecule has 1 atom stereocenters. The zero-order valence-corrected chi connectivity index (χ0v) is 13.7. The molecule has 3 heterocycles. The molecule has 0 aromatic carbocycles. The quantitative estimate of drug-likeness (QED) is 0.905. The van der Waals surface area contributed by atoms with E-state index >= 15 is 0 Å². The van der Waals surface area contributed by atoms with Crippen LogP contribution in [0, 0.1) is 12.8 Å². The van der Waals surface area contributed by atoms with E-state index in [0.717, 1.165) is 43.1 Å². The molecule has 1 amide bonds. The number of likely N-dealkylation sites (tertiary alicyclic amines) is 1. The summed E-state index contributed by atoms with van der Waals surface area (Å²) in [5.41, 5.74) is 1.71. The molecule has 0 aliphatic carbocycles. The van der Waals surface area contributed by atoms with Crippen molar-refractivity contribution in [3.8, 4) is 0 Å². The van der Waals surface area contributed by atoms with Crippen LogP contribution in [-0.2, 0) is 7.05 Å². The zero-order valence-electron chi connectivity index (χ0n) is 12.8. The summed E-state index contributed by atoms with van der Waals surface area (Å²) in [5, 5.41) is 7.77. The standard InChI is InChI=1S/C15H24N4O.ClH/c1-11-13(10-17-18(11)2)15(20)19-8-5-12(6-9-19)14-4-3-7-16-14;/h10,12,14,16H,3-9H2,1-2H3;1H. The molecule has 6 heteroatoms. The predicted molar refractivity (Wildman–Crippen MR) is 84.8 cm³/mol. The van der Waals surface area contributed by atoms with Crippen molar-refractivity contribution in [3.05, 3.63) is 17.5 Å². The third kappa shape index (κ3) is 3.24. The topological polar surface area (TPSA) is 50.2 Å². The van der Waals surface area contributed by atoms with Crippen LogP contribution in [0.15, 0.2) is 6.20 Å². The minimum absolute atomic E-state index is 0. The monoisotopic (exact) mass is 312 g/mol. The van der Waals surface area contributed by atoms with Crippen LogP contribution in [0.5, 0.6) is 0 Å². The van der Waals surface area contributed by atoms with E-state index in [1.165, 1.54) is 19.4 Å². The molecular formula is C15H25ClN4O. The number of hydrogen-bond donors (Lipinski definition) is 1. The molecule has 0 saturated carbocycles. The number of nitrogens with zero attached hydrogens (tertiary/aromatic N) is 3. The first kappa shape index (κ1) is 16.3. The fourth-order valence-corrected chi connectivity index (χ4v) is 3.50. The maximum atomic E-state index is 12.5. The largest absolute Gasteiger partial charge is 0.339 e. The van der Waals surface area contributed by atoms with Crippen molar-refractivity contribution in [3.63, 3.8) is 0 Å². The van der Waals surface area contributed by atoms with Gasteiger partial charge < -0.3 is 10.2 Å². The average Bonchev–Trinajstić information content (AvgIpc) is 3.10. The van der Waals surface area contributed by atoms with Gasteiger partial charge in [0.1, 0.15) is 0 Å². The van der Waals surface area contributed by atoms with Gasteiger partial charge in [-0.25, -0.2) is 0 Å². The Morgan fingerprint density at radius 2 is 2.05 bits per heavy atom. The van der Waals surface area contributed by atoms with Gasteiger partial charge in [0.05, 0.1) is 11.8 Å². The number of rotatable bonds is 2. The maximum Gasteiger partial charge on any atom is 0.257 e. The van der Waals surface area contributed by atoms with Gasteiger partial charge >= 0.3 is 0 Å². The van der Waals surface area contributed by atoms with E-state index in [9.17, 15) is 4.79 Å². The Morgan fingerprint density at radius 1 is 1.33 bits per heavy atom. The van der Waals surface area contributed by atoms with Crippen LogP contribution in [0.25, 0.3) is 0 Å². The van der Waals surface area contributed by atoms with E-state index in [1.807, 2.05) is 18.9 Å². The third-order valence-corrected chi connectivity index (χ3v) is 4.96. The molecule has 1 aromatic heterocycles. The van der Waals surface area contributed by atoms with Crippen LogP contribution >= 0.6 is 12.4 Å². The van der Waals surface area contributed by atoms with Gasteiger partial charge in [0.15, 0.2) is 0 Å². The van der Waals surface area contributed by atoms with Crippen LogP contribution in [0.4, 0.5) is 0 Å². The minimum atomic E-state index is 0. The molecule has 0 spiro atoms. The van der Waals surface area contributed by atoms with E-state index in [2.05, 4.69) is 10.4 Å². The summed E-state index contributed by atoms with van der Waals surface area (Å²) in [4.78, 5) is 14.5. The number of carbonyl (C=O) groups excluding carboxylic acids is 1. The number of halogens is 1. The van der Waals surface area contributed by atoms with Crippen molar-refractivity contribution >= 4 is 18.3 Å². The molecule has 21 heavy (non-hydrogen) atoms. The second-order valence-electron chi connectivity index (χ2n) is 6.10. The highest BCUT2D eigenvalue weighted by Crippen LogP contribution is 2.26. The van der Waals surface area contributed by atoms with Crippen molar-refractivity contribution in [2.45, 2.75) is 38.6 Å². The summed E-state index contributed by atoms with van der Waals surface area (Å²) in [6.07, 6.45) is 6.56.